The number of aliphatic imine (C=N–C) groups is 1. The molecule has 3 aromatic heterocycles. The summed E-state index contributed by atoms with van der Waals surface area (Å²) in [4.78, 5) is 74.3. The number of methoxy groups -OCH3 is 1. The van der Waals surface area contributed by atoms with Gasteiger partial charge in [0.1, 0.15) is 23.7 Å². The first-order valence-electron chi connectivity index (χ1n) is 18.9. The number of piperidine rings is 1. The highest BCUT2D eigenvalue weighted by atomic mass is 19.1. The Morgan fingerprint density at radius 2 is 1.96 bits per heavy atom. The van der Waals surface area contributed by atoms with Gasteiger partial charge in [-0.05, 0) is 56.7 Å². The fourth-order valence-electron chi connectivity index (χ4n) is 8.64. The number of carbonyl (C=O) groups excluding carboxylic acids is 1. The summed E-state index contributed by atoms with van der Waals surface area (Å²) in [6, 6.07) is 6.74. The zero-order valence-electron chi connectivity index (χ0n) is 31.3. The molecule has 0 spiro atoms. The number of aryl methyl sites for hydroxylation is 1. The lowest BCUT2D eigenvalue weighted by atomic mass is 9.92. The van der Waals surface area contributed by atoms with Crippen LogP contribution in [0.2, 0.25) is 0 Å². The molecule has 3 fully saturated rings. The molecule has 17 nitrogen and oxygen atoms in total. The molecule has 2 atom stereocenters. The standard InChI is InChI=1S/C39H40FN9O8/c1-20-5-8-27-23(12-20)29(42-39-43-35-30(36(52)44-39)41-17-47(35)19-57-11-10-50)37(53)49(27)18-45-9-3-4-21-14-46(16-28(21)45)32-26(40)13-24-31(34(32)56-2)48(22-6-7-22)15-25(33(24)51)38(54)55/h5,8,12-13,15,17,21-22,28,50H,3-4,6-7,9-11,14,16,18-19H2,1-2H3,(H,54,55)(H,43,44,52)/b42-29-/t21-,28+/m0/s1. The van der Waals surface area contributed by atoms with Crippen LogP contribution in [0.1, 0.15) is 53.2 Å². The normalized spacial score (nSPS) is 20.3. The van der Waals surface area contributed by atoms with E-state index in [1.54, 1.807) is 9.47 Å². The van der Waals surface area contributed by atoms with E-state index in [0.717, 1.165) is 37.3 Å². The number of fused-ring (bicyclic) bond motifs is 4. The summed E-state index contributed by atoms with van der Waals surface area (Å²) in [7, 11) is 1.43. The van der Waals surface area contributed by atoms with Gasteiger partial charge in [-0.2, -0.15) is 4.98 Å². The Kier molecular flexibility index (Phi) is 9.13. The minimum absolute atomic E-state index is 0.00312. The van der Waals surface area contributed by atoms with Crippen LogP contribution in [0.5, 0.6) is 5.75 Å². The lowest BCUT2D eigenvalue weighted by Crippen LogP contribution is -2.51. The summed E-state index contributed by atoms with van der Waals surface area (Å²) in [5.41, 5.74) is 1.50. The highest BCUT2D eigenvalue weighted by Gasteiger charge is 2.44. The Hall–Kier alpha value is -5.98. The number of carboxylic acid groups (broad SMARTS) is 1. The number of hydrogen-bond donors (Lipinski definition) is 3. The van der Waals surface area contributed by atoms with E-state index in [-0.39, 0.29) is 90.2 Å². The van der Waals surface area contributed by atoms with Gasteiger partial charge in [0.25, 0.3) is 11.5 Å². The predicted molar refractivity (Wildman–Crippen MR) is 206 cm³/mol. The number of aliphatic hydroxyl groups excluding tert-OH is 1. The van der Waals surface area contributed by atoms with Gasteiger partial charge in [0.2, 0.25) is 11.4 Å². The van der Waals surface area contributed by atoms with Crippen LogP contribution in [0.25, 0.3) is 22.1 Å². The molecule has 0 bridgehead atoms. The van der Waals surface area contributed by atoms with Crippen LogP contribution < -0.4 is 25.5 Å². The van der Waals surface area contributed by atoms with Crippen molar-refractivity contribution in [1.29, 1.82) is 0 Å². The van der Waals surface area contributed by atoms with Crippen molar-refractivity contribution >= 4 is 57.0 Å². The SMILES string of the molecule is COc1c(N2C[C@@H]3CCCN(CN4C(=O)/C(=N\c5nc6c(ncn6COCCO)c(=O)[nH]5)c5cc(C)ccc54)[C@@H]3C2)c(F)cc2c(=O)c(C(=O)O)cn(C3CC3)c12. The monoisotopic (exact) mass is 781 g/mol. The maximum Gasteiger partial charge on any atom is 0.341 e. The molecule has 6 heterocycles. The molecular formula is C39H40FN9O8. The van der Waals surface area contributed by atoms with Gasteiger partial charge in [-0.1, -0.05) is 11.6 Å². The third kappa shape index (κ3) is 6.23. The van der Waals surface area contributed by atoms with Gasteiger partial charge in [0, 0.05) is 43.5 Å². The highest BCUT2D eigenvalue weighted by molar-refractivity contribution is 6.54. The van der Waals surface area contributed by atoms with Gasteiger partial charge < -0.3 is 29.2 Å². The molecule has 3 N–H and O–H groups in total. The number of pyridine rings is 1. The number of H-pyrrole nitrogens is 1. The summed E-state index contributed by atoms with van der Waals surface area (Å²) in [6.07, 6.45) is 6.11. The first-order chi connectivity index (χ1) is 27.6. The average Bonchev–Trinajstić information content (AvgIpc) is 3.73. The molecule has 2 saturated heterocycles. The zero-order valence-corrected chi connectivity index (χ0v) is 31.3. The number of anilines is 2. The number of nitrogens with zero attached hydrogens (tertiary/aromatic N) is 8. The Morgan fingerprint density at radius 3 is 2.72 bits per heavy atom. The first-order valence-corrected chi connectivity index (χ1v) is 18.9. The predicted octanol–water partition coefficient (Wildman–Crippen LogP) is 2.92. The number of rotatable bonds is 11. The summed E-state index contributed by atoms with van der Waals surface area (Å²) >= 11 is 0. The van der Waals surface area contributed by atoms with E-state index in [1.165, 1.54) is 24.2 Å². The molecule has 296 valence electrons. The van der Waals surface area contributed by atoms with E-state index in [2.05, 4.69) is 24.8 Å². The lowest BCUT2D eigenvalue weighted by Gasteiger charge is -2.39. The number of imidazole rings is 1. The van der Waals surface area contributed by atoms with E-state index in [0.29, 0.717) is 36.4 Å². The van der Waals surface area contributed by atoms with E-state index >= 15 is 4.39 Å². The number of ether oxygens (including phenoxy) is 2. The summed E-state index contributed by atoms with van der Waals surface area (Å²) in [5.74, 6) is -2.14. The van der Waals surface area contributed by atoms with Crippen molar-refractivity contribution in [1.82, 2.24) is 29.0 Å². The second kappa shape index (κ2) is 14.2. The van der Waals surface area contributed by atoms with Crippen LogP contribution in [0, 0.1) is 18.7 Å². The Balaban J connectivity index is 1.03. The fourth-order valence-corrected chi connectivity index (χ4v) is 8.64. The second-order valence-corrected chi connectivity index (χ2v) is 15.0. The maximum absolute atomic E-state index is 16.3. The molecule has 0 unspecified atom stereocenters. The minimum atomic E-state index is -1.37. The molecule has 4 aliphatic rings. The summed E-state index contributed by atoms with van der Waals surface area (Å²) < 4.78 is 30.8. The van der Waals surface area contributed by atoms with E-state index < -0.39 is 28.3 Å². The smallest absolute Gasteiger partial charge is 0.341 e. The number of likely N-dealkylation sites (tertiary alicyclic amines) is 1. The summed E-state index contributed by atoms with van der Waals surface area (Å²) in [5, 5.41) is 18.8. The number of aromatic carboxylic acids is 1. The fraction of sp³-hybridized carbons (Fsp3) is 0.410. The van der Waals surface area contributed by atoms with Crippen LogP contribution in [0.4, 0.5) is 21.7 Å². The van der Waals surface area contributed by atoms with Crippen molar-refractivity contribution in [2.45, 2.75) is 51.4 Å². The van der Waals surface area contributed by atoms with Crippen molar-refractivity contribution < 1.29 is 33.7 Å². The quantitative estimate of drug-likeness (QED) is 0.166. The molecule has 1 amide bonds. The topological polar surface area (TPSA) is 201 Å². The molecule has 1 saturated carbocycles. The maximum atomic E-state index is 16.3. The van der Waals surface area contributed by atoms with Crippen molar-refractivity contribution in [3.8, 4) is 5.75 Å². The summed E-state index contributed by atoms with van der Waals surface area (Å²) in [6.45, 7) is 3.70. The van der Waals surface area contributed by atoms with E-state index in [1.807, 2.05) is 30.0 Å². The van der Waals surface area contributed by atoms with Gasteiger partial charge in [-0.15, -0.1) is 0 Å². The van der Waals surface area contributed by atoms with Crippen molar-refractivity contribution in [3.63, 3.8) is 0 Å². The molecule has 2 aromatic carbocycles. The molecule has 0 radical (unpaired) electrons. The van der Waals surface area contributed by atoms with E-state index in [4.69, 9.17) is 14.6 Å². The molecule has 57 heavy (non-hydrogen) atoms. The van der Waals surface area contributed by atoms with Crippen LogP contribution >= 0.6 is 0 Å². The Morgan fingerprint density at radius 1 is 1.14 bits per heavy atom. The number of hydrogen-bond acceptors (Lipinski definition) is 12. The van der Waals surface area contributed by atoms with E-state index in [9.17, 15) is 24.3 Å². The third-order valence-electron chi connectivity index (χ3n) is 11.4. The highest BCUT2D eigenvalue weighted by Crippen LogP contribution is 2.46. The largest absolute Gasteiger partial charge is 0.492 e. The Labute approximate surface area is 323 Å². The van der Waals surface area contributed by atoms with Crippen LogP contribution in [-0.4, -0.2) is 109 Å². The van der Waals surface area contributed by atoms with Crippen LogP contribution in [0.3, 0.4) is 0 Å². The number of nitrogens with one attached hydrogen (secondary N) is 1. The van der Waals surface area contributed by atoms with Crippen molar-refractivity contribution in [3.05, 3.63) is 79.9 Å². The number of amides is 1. The number of halogens is 1. The number of carboxylic acids is 1. The minimum Gasteiger partial charge on any atom is -0.492 e. The number of benzene rings is 2. The molecule has 1 aliphatic carbocycles. The van der Waals surface area contributed by atoms with Gasteiger partial charge in [0.05, 0.1) is 49.9 Å². The zero-order chi connectivity index (χ0) is 39.7. The van der Waals surface area contributed by atoms with Crippen LogP contribution in [-0.2, 0) is 16.3 Å². The van der Waals surface area contributed by atoms with Gasteiger partial charge in [-0.3, -0.25) is 33.7 Å². The molecule has 5 aromatic rings. The number of carbonyl (C=O) groups is 2. The number of aliphatic hydroxyl groups is 1. The second-order valence-electron chi connectivity index (χ2n) is 15.0. The number of aromatic amines is 1. The van der Waals surface area contributed by atoms with Gasteiger partial charge in [-0.25, -0.2) is 19.2 Å². The Bertz CT molecular complexity index is 2630. The molecule has 18 heteroatoms. The average molecular weight is 782 g/mol. The molecule has 9 rings (SSSR count). The third-order valence-corrected chi connectivity index (χ3v) is 11.4. The van der Waals surface area contributed by atoms with Crippen LogP contribution in [0.15, 0.2) is 51.4 Å². The van der Waals surface area contributed by atoms with Gasteiger partial charge >= 0.3 is 5.97 Å². The van der Waals surface area contributed by atoms with Gasteiger partial charge in [0.15, 0.2) is 22.7 Å². The van der Waals surface area contributed by atoms with Crippen molar-refractivity contribution in [2.24, 2.45) is 10.9 Å². The molecular weight excluding hydrogens is 741 g/mol. The van der Waals surface area contributed by atoms with Crippen molar-refractivity contribution in [2.75, 3.05) is 56.4 Å². The molecule has 3 aliphatic heterocycles. The first kappa shape index (κ1) is 36.6. The lowest BCUT2D eigenvalue weighted by molar-refractivity contribution is -0.112. The number of aromatic nitrogens is 5.